The Labute approximate surface area is 123 Å². The van der Waals surface area contributed by atoms with Crippen molar-refractivity contribution in [3.8, 4) is 18.1 Å². The van der Waals surface area contributed by atoms with E-state index in [0.29, 0.717) is 6.61 Å². The van der Waals surface area contributed by atoms with Crippen molar-refractivity contribution >= 4 is 0 Å². The number of rotatable bonds is 11. The van der Waals surface area contributed by atoms with Crippen molar-refractivity contribution < 1.29 is 4.74 Å². The van der Waals surface area contributed by atoms with Crippen LogP contribution in [0.3, 0.4) is 0 Å². The first-order chi connectivity index (χ1) is 9.86. The first-order valence-electron chi connectivity index (χ1n) is 7.72. The van der Waals surface area contributed by atoms with Crippen molar-refractivity contribution in [2.45, 2.75) is 52.0 Å². The van der Waals surface area contributed by atoms with E-state index in [9.17, 15) is 0 Å². The van der Waals surface area contributed by atoms with E-state index in [-0.39, 0.29) is 0 Å². The number of benzene rings is 1. The molecule has 20 heavy (non-hydrogen) atoms. The molecule has 0 amide bonds. The molecule has 0 aliphatic carbocycles. The van der Waals surface area contributed by atoms with E-state index < -0.39 is 0 Å². The van der Waals surface area contributed by atoms with Gasteiger partial charge in [0.25, 0.3) is 0 Å². The van der Waals surface area contributed by atoms with Crippen LogP contribution in [0.15, 0.2) is 24.3 Å². The second-order valence-corrected chi connectivity index (χ2v) is 5.08. The molecule has 0 unspecified atom stereocenters. The van der Waals surface area contributed by atoms with E-state index in [1.54, 1.807) is 0 Å². The van der Waals surface area contributed by atoms with Gasteiger partial charge in [0.1, 0.15) is 12.4 Å². The van der Waals surface area contributed by atoms with Crippen LogP contribution in [0.5, 0.6) is 5.75 Å². The Morgan fingerprint density at radius 3 is 2.75 bits per heavy atom. The van der Waals surface area contributed by atoms with Crippen molar-refractivity contribution in [2.24, 2.45) is 0 Å². The van der Waals surface area contributed by atoms with Crippen molar-refractivity contribution in [1.82, 2.24) is 5.32 Å². The highest BCUT2D eigenvalue weighted by molar-refractivity contribution is 5.28. The van der Waals surface area contributed by atoms with Crippen LogP contribution in [0.2, 0.25) is 0 Å². The van der Waals surface area contributed by atoms with Crippen LogP contribution in [0.25, 0.3) is 0 Å². The summed E-state index contributed by atoms with van der Waals surface area (Å²) in [4.78, 5) is 0. The van der Waals surface area contributed by atoms with Crippen molar-refractivity contribution in [3.05, 3.63) is 29.8 Å². The standard InChI is InChI=1S/C18H27NO/c1-3-5-6-7-8-9-13-19-16-17-11-10-12-18(15-17)20-14-4-2/h2,10-12,15,19H,3,5-9,13-14,16H2,1H3. The molecule has 0 bridgehead atoms. The summed E-state index contributed by atoms with van der Waals surface area (Å²) in [6.07, 6.45) is 13.2. The van der Waals surface area contributed by atoms with Gasteiger partial charge in [-0.05, 0) is 30.7 Å². The number of hydrogen-bond donors (Lipinski definition) is 1. The van der Waals surface area contributed by atoms with Crippen LogP contribution in [0.4, 0.5) is 0 Å². The number of hydrogen-bond acceptors (Lipinski definition) is 2. The van der Waals surface area contributed by atoms with Crippen LogP contribution < -0.4 is 10.1 Å². The molecule has 0 heterocycles. The zero-order chi connectivity index (χ0) is 14.5. The Morgan fingerprint density at radius 1 is 1.15 bits per heavy atom. The second kappa shape index (κ2) is 11.4. The minimum absolute atomic E-state index is 0.328. The Balaban J connectivity index is 2.11. The maximum Gasteiger partial charge on any atom is 0.148 e. The molecule has 1 aromatic carbocycles. The van der Waals surface area contributed by atoms with Crippen LogP contribution in [-0.4, -0.2) is 13.2 Å². The van der Waals surface area contributed by atoms with Gasteiger partial charge in [-0.3, -0.25) is 0 Å². The third-order valence-electron chi connectivity index (χ3n) is 3.26. The molecule has 0 atom stereocenters. The van der Waals surface area contributed by atoms with E-state index in [1.807, 2.05) is 18.2 Å². The fourth-order valence-electron chi connectivity index (χ4n) is 2.13. The van der Waals surface area contributed by atoms with Gasteiger partial charge in [-0.15, -0.1) is 6.42 Å². The summed E-state index contributed by atoms with van der Waals surface area (Å²) in [5, 5.41) is 3.48. The molecule has 0 aliphatic rings. The van der Waals surface area contributed by atoms with Crippen molar-refractivity contribution in [3.63, 3.8) is 0 Å². The van der Waals surface area contributed by atoms with Crippen LogP contribution in [-0.2, 0) is 6.54 Å². The SMILES string of the molecule is C#CCOc1cccc(CNCCCCCCCC)c1. The Hall–Kier alpha value is -1.46. The number of ether oxygens (including phenoxy) is 1. The first-order valence-corrected chi connectivity index (χ1v) is 7.72. The quantitative estimate of drug-likeness (QED) is 0.483. The fraction of sp³-hybridized carbons (Fsp3) is 0.556. The lowest BCUT2D eigenvalue weighted by atomic mass is 10.1. The topological polar surface area (TPSA) is 21.3 Å². The van der Waals surface area contributed by atoms with Crippen molar-refractivity contribution in [1.29, 1.82) is 0 Å². The monoisotopic (exact) mass is 273 g/mol. The lowest BCUT2D eigenvalue weighted by molar-refractivity contribution is 0.370. The summed E-state index contributed by atoms with van der Waals surface area (Å²) >= 11 is 0. The number of terminal acetylenes is 1. The largest absolute Gasteiger partial charge is 0.481 e. The normalized spacial score (nSPS) is 10.2. The molecule has 1 aromatic rings. The van der Waals surface area contributed by atoms with Gasteiger partial charge in [0.2, 0.25) is 0 Å². The predicted molar refractivity (Wildman–Crippen MR) is 85.9 cm³/mol. The molecule has 1 N–H and O–H groups in total. The molecule has 2 heteroatoms. The highest BCUT2D eigenvalue weighted by Gasteiger charge is 1.96. The summed E-state index contributed by atoms with van der Waals surface area (Å²) in [6.45, 7) is 4.56. The smallest absolute Gasteiger partial charge is 0.148 e. The van der Waals surface area contributed by atoms with Gasteiger partial charge in [0.15, 0.2) is 0 Å². The van der Waals surface area contributed by atoms with E-state index in [2.05, 4.69) is 24.2 Å². The Kier molecular flexibility index (Phi) is 9.44. The zero-order valence-electron chi connectivity index (χ0n) is 12.7. The van der Waals surface area contributed by atoms with E-state index in [1.165, 1.54) is 44.1 Å². The van der Waals surface area contributed by atoms with Gasteiger partial charge >= 0.3 is 0 Å². The second-order valence-electron chi connectivity index (χ2n) is 5.08. The van der Waals surface area contributed by atoms with Crippen LogP contribution in [0.1, 0.15) is 51.0 Å². The molecule has 0 saturated heterocycles. The molecule has 1 rings (SSSR count). The molecular formula is C18H27NO. The minimum atomic E-state index is 0.328. The summed E-state index contributed by atoms with van der Waals surface area (Å²) in [5.41, 5.74) is 1.24. The lowest BCUT2D eigenvalue weighted by Crippen LogP contribution is -2.14. The van der Waals surface area contributed by atoms with E-state index in [0.717, 1.165) is 18.8 Å². The first kappa shape index (κ1) is 16.6. The fourth-order valence-corrected chi connectivity index (χ4v) is 2.13. The molecule has 0 saturated carbocycles. The molecule has 0 aliphatic heterocycles. The van der Waals surface area contributed by atoms with Crippen molar-refractivity contribution in [2.75, 3.05) is 13.2 Å². The molecule has 0 spiro atoms. The third-order valence-corrected chi connectivity index (χ3v) is 3.26. The van der Waals surface area contributed by atoms with Gasteiger partial charge in [0.05, 0.1) is 0 Å². The maximum absolute atomic E-state index is 5.41. The van der Waals surface area contributed by atoms with Gasteiger partial charge in [-0.1, -0.05) is 57.1 Å². The lowest BCUT2D eigenvalue weighted by Gasteiger charge is -2.07. The predicted octanol–water partition coefficient (Wildman–Crippen LogP) is 4.15. The summed E-state index contributed by atoms with van der Waals surface area (Å²) < 4.78 is 5.41. The average Bonchev–Trinajstić information content (AvgIpc) is 2.48. The number of unbranched alkanes of at least 4 members (excludes halogenated alkanes) is 5. The summed E-state index contributed by atoms with van der Waals surface area (Å²) in [7, 11) is 0. The molecule has 110 valence electrons. The van der Waals surface area contributed by atoms with E-state index in [4.69, 9.17) is 11.2 Å². The van der Waals surface area contributed by atoms with E-state index >= 15 is 0 Å². The van der Waals surface area contributed by atoms with Gasteiger partial charge in [-0.2, -0.15) is 0 Å². The van der Waals surface area contributed by atoms with Crippen LogP contribution in [0, 0.1) is 12.3 Å². The molecule has 0 aromatic heterocycles. The maximum atomic E-state index is 5.41. The average molecular weight is 273 g/mol. The molecular weight excluding hydrogens is 246 g/mol. The third kappa shape index (κ3) is 7.86. The zero-order valence-corrected chi connectivity index (χ0v) is 12.7. The van der Waals surface area contributed by atoms with Gasteiger partial charge in [-0.25, -0.2) is 0 Å². The summed E-state index contributed by atoms with van der Waals surface area (Å²) in [6, 6.07) is 8.10. The minimum Gasteiger partial charge on any atom is -0.481 e. The Morgan fingerprint density at radius 2 is 1.95 bits per heavy atom. The Bertz CT molecular complexity index is 395. The van der Waals surface area contributed by atoms with Gasteiger partial charge < -0.3 is 10.1 Å². The summed E-state index contributed by atoms with van der Waals surface area (Å²) in [5.74, 6) is 3.33. The van der Waals surface area contributed by atoms with Crippen LogP contribution >= 0.6 is 0 Å². The highest BCUT2D eigenvalue weighted by atomic mass is 16.5. The number of nitrogens with one attached hydrogen (secondary N) is 1. The highest BCUT2D eigenvalue weighted by Crippen LogP contribution is 2.13. The van der Waals surface area contributed by atoms with Gasteiger partial charge in [0, 0.05) is 6.54 Å². The molecule has 2 nitrogen and oxygen atoms in total. The molecule has 0 fully saturated rings. The molecule has 0 radical (unpaired) electrons.